The van der Waals surface area contributed by atoms with E-state index >= 15 is 0 Å². The Hall–Kier alpha value is -2.24. The van der Waals surface area contributed by atoms with Crippen LogP contribution in [0, 0.1) is 5.95 Å². The van der Waals surface area contributed by atoms with Gasteiger partial charge in [-0.25, -0.2) is 4.98 Å². The van der Waals surface area contributed by atoms with E-state index in [9.17, 15) is 14.0 Å². The molecule has 0 saturated carbocycles. The monoisotopic (exact) mass is 238 g/mol. The summed E-state index contributed by atoms with van der Waals surface area (Å²) in [5.74, 6) is -0.992. The number of halogens is 1. The lowest BCUT2D eigenvalue weighted by Gasteiger charge is -1.94. The Bertz CT molecular complexity index is 554. The van der Waals surface area contributed by atoms with Crippen molar-refractivity contribution in [1.29, 1.82) is 0 Å². The number of nitrogens with zero attached hydrogens (tertiary/aromatic N) is 1. The average molecular weight is 238 g/mol. The maximum atomic E-state index is 12.6. The van der Waals surface area contributed by atoms with Crippen LogP contribution < -0.4 is 5.56 Å². The molecule has 5 nitrogen and oxygen atoms in total. The van der Waals surface area contributed by atoms with Crippen LogP contribution >= 0.6 is 0 Å². The molecule has 1 aromatic heterocycles. The van der Waals surface area contributed by atoms with Crippen LogP contribution in [-0.4, -0.2) is 23.0 Å². The van der Waals surface area contributed by atoms with Gasteiger partial charge in [-0.15, -0.1) is 0 Å². The number of hydrogen-bond acceptors (Lipinski definition) is 4. The molecule has 6 heteroatoms. The maximum Gasteiger partial charge on any atom is 0.304 e. The second-order valence-electron chi connectivity index (χ2n) is 2.93. The van der Waals surface area contributed by atoms with Gasteiger partial charge in [0, 0.05) is 0 Å². The molecule has 90 valence electrons. The first kappa shape index (κ1) is 12.8. The Morgan fingerprint density at radius 2 is 2.18 bits per heavy atom. The van der Waals surface area contributed by atoms with Crippen LogP contribution in [0.15, 0.2) is 29.1 Å². The molecule has 0 spiro atoms. The minimum atomic E-state index is -0.992. The lowest BCUT2D eigenvalue weighted by Crippen LogP contribution is -2.12. The Kier molecular flexibility index (Phi) is 4.80. The Morgan fingerprint density at radius 3 is 2.76 bits per heavy atom. The largest absolute Gasteiger partial charge is 0.468 e. The number of carbonyl (C=O) groups is 1. The Balaban J connectivity index is 0.000000249. The van der Waals surface area contributed by atoms with Gasteiger partial charge in [0.2, 0.25) is 0 Å². The molecule has 1 heterocycles. The predicted molar refractivity (Wildman–Crippen MR) is 60.0 cm³/mol. The summed E-state index contributed by atoms with van der Waals surface area (Å²) in [4.78, 5) is 25.8. The first-order chi connectivity index (χ1) is 8.19. The number of para-hydroxylation sites is 2. The van der Waals surface area contributed by atoms with Crippen molar-refractivity contribution in [1.82, 2.24) is 9.97 Å². The molecule has 0 radical (unpaired) electrons. The lowest BCUT2D eigenvalue weighted by molar-refractivity contribution is -0.128. The second-order valence-corrected chi connectivity index (χ2v) is 2.93. The standard InChI is InChI=1S/C8H5FN2O.C3H6O2/c9-7-8(12)11-6-4-2-1-3-5(6)10-7;1-2-5-3-4/h1-4H,(H,11,12);3H,2H2,1H3. The second kappa shape index (κ2) is 6.37. The summed E-state index contributed by atoms with van der Waals surface area (Å²) in [6.45, 7) is 2.66. The molecule has 0 aliphatic carbocycles. The van der Waals surface area contributed by atoms with Crippen molar-refractivity contribution >= 4 is 17.5 Å². The van der Waals surface area contributed by atoms with Crippen LogP contribution in [0.5, 0.6) is 0 Å². The van der Waals surface area contributed by atoms with E-state index in [-0.39, 0.29) is 0 Å². The molecule has 0 amide bonds. The van der Waals surface area contributed by atoms with Crippen molar-refractivity contribution < 1.29 is 13.9 Å². The van der Waals surface area contributed by atoms with Crippen LogP contribution in [0.4, 0.5) is 4.39 Å². The van der Waals surface area contributed by atoms with Crippen LogP contribution in [0.2, 0.25) is 0 Å². The van der Waals surface area contributed by atoms with Gasteiger partial charge in [-0.3, -0.25) is 9.59 Å². The molecule has 2 aromatic rings. The van der Waals surface area contributed by atoms with Gasteiger partial charge in [-0.1, -0.05) is 12.1 Å². The molecule has 0 saturated heterocycles. The molecule has 1 aromatic carbocycles. The first-order valence-electron chi connectivity index (χ1n) is 4.88. The van der Waals surface area contributed by atoms with E-state index in [4.69, 9.17) is 0 Å². The van der Waals surface area contributed by atoms with Gasteiger partial charge in [0.05, 0.1) is 17.6 Å². The minimum absolute atomic E-state index is 0.431. The van der Waals surface area contributed by atoms with E-state index in [0.717, 1.165) is 0 Å². The molecular weight excluding hydrogens is 227 g/mol. The van der Waals surface area contributed by atoms with Crippen molar-refractivity contribution in [3.05, 3.63) is 40.6 Å². The van der Waals surface area contributed by atoms with E-state index in [2.05, 4.69) is 14.7 Å². The van der Waals surface area contributed by atoms with Crippen molar-refractivity contribution in [2.75, 3.05) is 6.61 Å². The Labute approximate surface area is 96.3 Å². The van der Waals surface area contributed by atoms with Crippen molar-refractivity contribution in [2.24, 2.45) is 0 Å². The van der Waals surface area contributed by atoms with Gasteiger partial charge < -0.3 is 9.72 Å². The third-order valence-corrected chi connectivity index (χ3v) is 1.79. The van der Waals surface area contributed by atoms with Gasteiger partial charge in [0.15, 0.2) is 0 Å². The smallest absolute Gasteiger partial charge is 0.304 e. The van der Waals surface area contributed by atoms with E-state index in [0.29, 0.717) is 24.1 Å². The normalized spacial score (nSPS) is 9.29. The summed E-state index contributed by atoms with van der Waals surface area (Å²) in [7, 11) is 0. The zero-order valence-electron chi connectivity index (χ0n) is 9.14. The van der Waals surface area contributed by atoms with Crippen LogP contribution in [0.25, 0.3) is 11.0 Å². The van der Waals surface area contributed by atoms with Crippen molar-refractivity contribution in [3.8, 4) is 0 Å². The molecule has 1 N–H and O–H groups in total. The van der Waals surface area contributed by atoms with Crippen molar-refractivity contribution in [2.45, 2.75) is 6.92 Å². The molecule has 0 aliphatic heterocycles. The van der Waals surface area contributed by atoms with E-state index in [1.165, 1.54) is 0 Å². The third kappa shape index (κ3) is 3.67. The number of nitrogens with one attached hydrogen (secondary N) is 1. The lowest BCUT2D eigenvalue weighted by atomic mass is 10.3. The summed E-state index contributed by atoms with van der Waals surface area (Å²) >= 11 is 0. The molecule has 2 rings (SSSR count). The molecular formula is C11H11FN2O3. The molecule has 0 bridgehead atoms. The number of ether oxygens (including phenoxy) is 1. The van der Waals surface area contributed by atoms with Crippen LogP contribution in [0.3, 0.4) is 0 Å². The minimum Gasteiger partial charge on any atom is -0.468 e. The van der Waals surface area contributed by atoms with E-state index in [1.807, 2.05) is 0 Å². The fourth-order valence-electron chi connectivity index (χ4n) is 1.08. The molecule has 17 heavy (non-hydrogen) atoms. The van der Waals surface area contributed by atoms with Crippen LogP contribution in [-0.2, 0) is 9.53 Å². The van der Waals surface area contributed by atoms with E-state index in [1.54, 1.807) is 31.2 Å². The van der Waals surface area contributed by atoms with Gasteiger partial charge >= 0.3 is 5.56 Å². The number of H-pyrrole nitrogens is 1. The highest BCUT2D eigenvalue weighted by molar-refractivity contribution is 5.73. The average Bonchev–Trinajstić information content (AvgIpc) is 2.32. The number of benzene rings is 1. The highest BCUT2D eigenvalue weighted by atomic mass is 19.1. The topological polar surface area (TPSA) is 72.1 Å². The summed E-state index contributed by atoms with van der Waals surface area (Å²) in [6.07, 6.45) is 0. The summed E-state index contributed by atoms with van der Waals surface area (Å²) in [5.41, 5.74) is 0.215. The first-order valence-corrected chi connectivity index (χ1v) is 4.88. The van der Waals surface area contributed by atoms with E-state index < -0.39 is 11.5 Å². The van der Waals surface area contributed by atoms with Gasteiger partial charge in [0.25, 0.3) is 12.4 Å². The summed E-state index contributed by atoms with van der Waals surface area (Å²) < 4.78 is 16.7. The maximum absolute atomic E-state index is 12.6. The molecule has 0 atom stereocenters. The highest BCUT2D eigenvalue weighted by Crippen LogP contribution is 2.04. The summed E-state index contributed by atoms with van der Waals surface area (Å²) in [5, 5.41) is 0. The summed E-state index contributed by atoms with van der Waals surface area (Å²) in [6, 6.07) is 6.78. The Morgan fingerprint density at radius 1 is 1.47 bits per heavy atom. The van der Waals surface area contributed by atoms with Crippen molar-refractivity contribution in [3.63, 3.8) is 0 Å². The fraction of sp³-hybridized carbons (Fsp3) is 0.182. The van der Waals surface area contributed by atoms with Gasteiger partial charge in [-0.2, -0.15) is 4.39 Å². The van der Waals surface area contributed by atoms with Gasteiger partial charge in [0.1, 0.15) is 0 Å². The highest BCUT2D eigenvalue weighted by Gasteiger charge is 2.00. The number of rotatable bonds is 2. The molecule has 0 aliphatic rings. The zero-order valence-corrected chi connectivity index (χ0v) is 9.14. The number of carbonyl (C=O) groups excluding carboxylic acids is 1. The predicted octanol–water partition coefficient (Wildman–Crippen LogP) is 1.24. The molecule has 0 unspecified atom stereocenters. The van der Waals surface area contributed by atoms with Gasteiger partial charge in [-0.05, 0) is 19.1 Å². The number of aromatic nitrogens is 2. The molecule has 0 fully saturated rings. The zero-order chi connectivity index (χ0) is 12.7. The SMILES string of the molecule is CCOC=O.O=c1[nH]c2ccccc2nc1F. The quantitative estimate of drug-likeness (QED) is 0.799. The third-order valence-electron chi connectivity index (χ3n) is 1.79. The fourth-order valence-corrected chi connectivity index (χ4v) is 1.08. The number of fused-ring (bicyclic) bond motifs is 1. The van der Waals surface area contributed by atoms with Crippen LogP contribution in [0.1, 0.15) is 6.92 Å². The number of aromatic amines is 1. The number of hydrogen-bond donors (Lipinski definition) is 1.